The van der Waals surface area contributed by atoms with Crippen LogP contribution in [0.25, 0.3) is 0 Å². The first-order valence-electron chi connectivity index (χ1n) is 8.77. The summed E-state index contributed by atoms with van der Waals surface area (Å²) in [5.41, 5.74) is 0.724. The summed E-state index contributed by atoms with van der Waals surface area (Å²) in [6.45, 7) is 0.910. The Hall–Kier alpha value is -2.32. The highest BCUT2D eigenvalue weighted by Crippen LogP contribution is 2.25. The van der Waals surface area contributed by atoms with Gasteiger partial charge in [0.25, 0.3) is 0 Å². The third-order valence-electron chi connectivity index (χ3n) is 4.76. The van der Waals surface area contributed by atoms with Crippen molar-refractivity contribution >= 4 is 15.9 Å². The molecule has 1 aliphatic heterocycles. The fraction of sp³-hybridized carbons (Fsp3) is 0.368. The van der Waals surface area contributed by atoms with Crippen LogP contribution in [0.5, 0.6) is 0 Å². The minimum Gasteiger partial charge on any atom is -0.341 e. The van der Waals surface area contributed by atoms with Gasteiger partial charge in [-0.15, -0.1) is 0 Å². The summed E-state index contributed by atoms with van der Waals surface area (Å²) in [5.74, 6) is -0.608. The molecule has 0 spiro atoms. The number of nitrogens with zero attached hydrogens (tertiary/aromatic N) is 3. The molecule has 144 valence electrons. The summed E-state index contributed by atoms with van der Waals surface area (Å²) in [7, 11) is -1.89. The molecule has 0 N–H and O–H groups in total. The van der Waals surface area contributed by atoms with E-state index in [0.29, 0.717) is 32.5 Å². The first-order chi connectivity index (χ1) is 12.9. The van der Waals surface area contributed by atoms with Crippen molar-refractivity contribution in [2.75, 3.05) is 20.1 Å². The molecular weight excluding hydrogens is 369 g/mol. The van der Waals surface area contributed by atoms with Crippen LogP contribution in [-0.2, 0) is 21.4 Å². The Morgan fingerprint density at radius 2 is 2.00 bits per heavy atom. The van der Waals surface area contributed by atoms with E-state index >= 15 is 0 Å². The minimum atomic E-state index is -3.58. The average Bonchev–Trinajstić information content (AvgIpc) is 2.68. The molecule has 2 heterocycles. The van der Waals surface area contributed by atoms with Gasteiger partial charge in [-0.3, -0.25) is 9.78 Å². The van der Waals surface area contributed by atoms with Crippen molar-refractivity contribution in [1.82, 2.24) is 14.2 Å². The molecule has 8 heteroatoms. The van der Waals surface area contributed by atoms with Crippen LogP contribution in [0.3, 0.4) is 0 Å². The molecular formula is C19H22FN3O3S. The number of hydrogen-bond acceptors (Lipinski definition) is 4. The second-order valence-corrected chi connectivity index (χ2v) is 8.63. The lowest BCUT2D eigenvalue weighted by Crippen LogP contribution is -2.43. The smallest absolute Gasteiger partial charge is 0.244 e. The largest absolute Gasteiger partial charge is 0.341 e. The maximum absolute atomic E-state index is 13.3. The van der Waals surface area contributed by atoms with E-state index in [1.165, 1.54) is 34.9 Å². The van der Waals surface area contributed by atoms with Crippen LogP contribution >= 0.6 is 0 Å². The lowest BCUT2D eigenvalue weighted by molar-refractivity contribution is -0.135. The van der Waals surface area contributed by atoms with Crippen molar-refractivity contribution < 1.29 is 17.6 Å². The SMILES string of the molecule is CN(Cc1cccc(F)c1)C(=O)C1CCN(S(=O)(=O)c2cccnc2)CC1. The van der Waals surface area contributed by atoms with Gasteiger partial charge in [-0.25, -0.2) is 12.8 Å². The standard InChI is InChI=1S/C19H22FN3O3S/c1-22(14-15-4-2-5-17(20)12-15)19(24)16-7-10-23(11-8-16)27(25,26)18-6-3-9-21-13-18/h2-6,9,12-13,16H,7-8,10-11,14H2,1H3. The highest BCUT2D eigenvalue weighted by molar-refractivity contribution is 7.89. The zero-order valence-electron chi connectivity index (χ0n) is 15.1. The van der Waals surface area contributed by atoms with Gasteiger partial charge in [-0.1, -0.05) is 12.1 Å². The van der Waals surface area contributed by atoms with E-state index < -0.39 is 10.0 Å². The third-order valence-corrected chi connectivity index (χ3v) is 6.64. The number of piperidine rings is 1. The van der Waals surface area contributed by atoms with Crippen molar-refractivity contribution in [3.8, 4) is 0 Å². The topological polar surface area (TPSA) is 70.6 Å². The van der Waals surface area contributed by atoms with Gasteiger partial charge in [0.15, 0.2) is 0 Å². The van der Waals surface area contributed by atoms with E-state index in [0.717, 1.165) is 5.56 Å². The van der Waals surface area contributed by atoms with E-state index in [1.54, 1.807) is 30.1 Å². The highest BCUT2D eigenvalue weighted by atomic mass is 32.2. The lowest BCUT2D eigenvalue weighted by Gasteiger charge is -2.32. The molecule has 6 nitrogen and oxygen atoms in total. The lowest BCUT2D eigenvalue weighted by atomic mass is 9.96. The number of rotatable bonds is 5. The van der Waals surface area contributed by atoms with E-state index in [9.17, 15) is 17.6 Å². The van der Waals surface area contributed by atoms with Gasteiger partial charge in [0, 0.05) is 45.0 Å². The summed E-state index contributed by atoms with van der Waals surface area (Å²) < 4.78 is 40.0. The molecule has 0 bridgehead atoms. The molecule has 2 aromatic rings. The maximum atomic E-state index is 13.3. The molecule has 1 aromatic carbocycles. The molecule has 0 saturated carbocycles. The number of hydrogen-bond donors (Lipinski definition) is 0. The number of benzene rings is 1. The predicted octanol–water partition coefficient (Wildman–Crippen LogP) is 2.28. The molecule has 1 fully saturated rings. The van der Waals surface area contributed by atoms with E-state index in [-0.39, 0.29) is 22.5 Å². The van der Waals surface area contributed by atoms with Gasteiger partial charge in [0.05, 0.1) is 0 Å². The first-order valence-corrected chi connectivity index (χ1v) is 10.2. The Labute approximate surface area is 158 Å². The van der Waals surface area contributed by atoms with Crippen LogP contribution in [0.4, 0.5) is 4.39 Å². The van der Waals surface area contributed by atoms with Gasteiger partial charge >= 0.3 is 0 Å². The molecule has 0 atom stereocenters. The van der Waals surface area contributed by atoms with Crippen molar-refractivity contribution in [2.45, 2.75) is 24.3 Å². The van der Waals surface area contributed by atoms with Crippen molar-refractivity contribution in [3.05, 3.63) is 60.2 Å². The Morgan fingerprint density at radius 3 is 2.63 bits per heavy atom. The van der Waals surface area contributed by atoms with Crippen molar-refractivity contribution in [3.63, 3.8) is 0 Å². The monoisotopic (exact) mass is 391 g/mol. The fourth-order valence-electron chi connectivity index (χ4n) is 3.29. The Morgan fingerprint density at radius 1 is 1.26 bits per heavy atom. The number of amides is 1. The number of pyridine rings is 1. The molecule has 1 amide bonds. The summed E-state index contributed by atoms with van der Waals surface area (Å²) in [6, 6.07) is 9.27. The number of sulfonamides is 1. The molecule has 1 saturated heterocycles. The summed E-state index contributed by atoms with van der Waals surface area (Å²) in [5, 5.41) is 0. The van der Waals surface area contributed by atoms with Gasteiger partial charge in [0.2, 0.25) is 15.9 Å². The van der Waals surface area contributed by atoms with Crippen LogP contribution in [0, 0.1) is 11.7 Å². The normalized spacial score (nSPS) is 16.2. The second-order valence-electron chi connectivity index (χ2n) is 6.69. The Bertz CT molecular complexity index is 897. The quantitative estimate of drug-likeness (QED) is 0.784. The molecule has 0 aliphatic carbocycles. The number of aromatic nitrogens is 1. The highest BCUT2D eigenvalue weighted by Gasteiger charge is 2.33. The van der Waals surface area contributed by atoms with Crippen LogP contribution in [0.15, 0.2) is 53.7 Å². The van der Waals surface area contributed by atoms with Gasteiger partial charge in [0.1, 0.15) is 10.7 Å². The molecule has 0 unspecified atom stereocenters. The molecule has 1 aromatic heterocycles. The molecule has 3 rings (SSSR count). The van der Waals surface area contributed by atoms with Gasteiger partial charge in [-0.2, -0.15) is 4.31 Å². The number of carbonyl (C=O) groups excluding carboxylic acids is 1. The van der Waals surface area contributed by atoms with Crippen molar-refractivity contribution in [2.24, 2.45) is 5.92 Å². The first kappa shape index (κ1) is 19.4. The summed E-state index contributed by atoms with van der Waals surface area (Å²) in [4.78, 5) is 18.3. The van der Waals surface area contributed by atoms with Crippen LogP contribution in [0.2, 0.25) is 0 Å². The average molecular weight is 391 g/mol. The predicted molar refractivity (Wildman–Crippen MR) is 98.6 cm³/mol. The summed E-state index contributed by atoms with van der Waals surface area (Å²) >= 11 is 0. The molecule has 0 radical (unpaired) electrons. The van der Waals surface area contributed by atoms with Crippen LogP contribution < -0.4 is 0 Å². The van der Waals surface area contributed by atoms with E-state index in [2.05, 4.69) is 4.98 Å². The fourth-order valence-corrected chi connectivity index (χ4v) is 4.72. The molecule has 1 aliphatic rings. The Kier molecular flexibility index (Phi) is 5.86. The number of carbonyl (C=O) groups is 1. The van der Waals surface area contributed by atoms with Crippen molar-refractivity contribution in [1.29, 1.82) is 0 Å². The number of halogens is 1. The van der Waals surface area contributed by atoms with E-state index in [1.807, 2.05) is 0 Å². The second kappa shape index (κ2) is 8.14. The zero-order valence-corrected chi connectivity index (χ0v) is 15.9. The summed E-state index contributed by atoms with van der Waals surface area (Å²) in [6.07, 6.45) is 3.79. The minimum absolute atomic E-state index is 0.0438. The van der Waals surface area contributed by atoms with E-state index in [4.69, 9.17) is 0 Å². The maximum Gasteiger partial charge on any atom is 0.244 e. The Balaban J connectivity index is 1.59. The zero-order chi connectivity index (χ0) is 19.4. The third kappa shape index (κ3) is 4.51. The molecule has 27 heavy (non-hydrogen) atoms. The van der Waals surface area contributed by atoms with Crippen LogP contribution in [-0.4, -0.2) is 48.7 Å². The van der Waals surface area contributed by atoms with Gasteiger partial charge < -0.3 is 4.90 Å². The van der Waals surface area contributed by atoms with Crippen LogP contribution in [0.1, 0.15) is 18.4 Å². The van der Waals surface area contributed by atoms with Gasteiger partial charge in [-0.05, 0) is 42.7 Å².